The van der Waals surface area contributed by atoms with Crippen LogP contribution >= 0.6 is 0 Å². The number of hydrogen-bond acceptors (Lipinski definition) is 2. The van der Waals surface area contributed by atoms with Crippen LogP contribution in [0.4, 0.5) is 0 Å². The Balaban J connectivity index is 2.16. The smallest absolute Gasteiger partial charge is 0.303 e. The molecule has 0 bridgehead atoms. The summed E-state index contributed by atoms with van der Waals surface area (Å²) in [6.45, 7) is 0.439. The van der Waals surface area contributed by atoms with E-state index in [1.807, 2.05) is 36.4 Å². The Labute approximate surface area is 117 Å². The van der Waals surface area contributed by atoms with Crippen LogP contribution in [0.1, 0.15) is 23.2 Å². The molecular formula is C16H17NO3. The summed E-state index contributed by atoms with van der Waals surface area (Å²) in [5.41, 5.74) is 0.654. The molecule has 2 aromatic carbocycles. The predicted octanol–water partition coefficient (Wildman–Crippen LogP) is 2.78. The molecule has 0 aliphatic carbocycles. The number of benzene rings is 2. The first kappa shape index (κ1) is 14.1. The maximum atomic E-state index is 12.4. The number of hydrogen-bond donors (Lipinski definition) is 1. The van der Waals surface area contributed by atoms with E-state index in [1.165, 1.54) is 0 Å². The second-order valence-electron chi connectivity index (χ2n) is 4.75. The zero-order valence-electron chi connectivity index (χ0n) is 11.4. The highest BCUT2D eigenvalue weighted by Crippen LogP contribution is 2.19. The largest absolute Gasteiger partial charge is 0.481 e. The van der Waals surface area contributed by atoms with E-state index in [-0.39, 0.29) is 12.3 Å². The summed E-state index contributed by atoms with van der Waals surface area (Å²) in [5, 5.41) is 10.6. The van der Waals surface area contributed by atoms with Gasteiger partial charge in [-0.2, -0.15) is 0 Å². The first-order valence-corrected chi connectivity index (χ1v) is 6.54. The number of rotatable bonds is 5. The molecule has 0 saturated carbocycles. The molecule has 0 heterocycles. The summed E-state index contributed by atoms with van der Waals surface area (Å²) in [6, 6.07) is 13.4. The van der Waals surface area contributed by atoms with E-state index >= 15 is 0 Å². The SMILES string of the molecule is CN(CCCC(=O)O)C(=O)c1cccc2ccccc12. The summed E-state index contributed by atoms with van der Waals surface area (Å²) in [6.07, 6.45) is 0.537. The van der Waals surface area contributed by atoms with Gasteiger partial charge < -0.3 is 10.0 Å². The molecule has 0 saturated heterocycles. The monoisotopic (exact) mass is 271 g/mol. The highest BCUT2D eigenvalue weighted by Gasteiger charge is 2.14. The minimum atomic E-state index is -0.837. The normalized spacial score (nSPS) is 10.4. The predicted molar refractivity (Wildman–Crippen MR) is 77.8 cm³/mol. The van der Waals surface area contributed by atoms with Crippen LogP contribution in [0, 0.1) is 0 Å². The Kier molecular flexibility index (Phi) is 4.35. The maximum absolute atomic E-state index is 12.4. The van der Waals surface area contributed by atoms with Crippen LogP contribution < -0.4 is 0 Å². The average molecular weight is 271 g/mol. The molecule has 0 unspecified atom stereocenters. The van der Waals surface area contributed by atoms with Crippen LogP contribution in [-0.4, -0.2) is 35.5 Å². The number of fused-ring (bicyclic) bond motifs is 1. The van der Waals surface area contributed by atoms with Gasteiger partial charge in [0.1, 0.15) is 0 Å². The van der Waals surface area contributed by atoms with Crippen LogP contribution in [0.2, 0.25) is 0 Å². The number of nitrogens with zero attached hydrogens (tertiary/aromatic N) is 1. The van der Waals surface area contributed by atoms with Crippen molar-refractivity contribution in [1.29, 1.82) is 0 Å². The lowest BCUT2D eigenvalue weighted by Gasteiger charge is -2.17. The molecule has 2 rings (SSSR count). The van der Waals surface area contributed by atoms with Crippen molar-refractivity contribution in [3.8, 4) is 0 Å². The Morgan fingerprint density at radius 3 is 2.55 bits per heavy atom. The molecule has 0 atom stereocenters. The Morgan fingerprint density at radius 2 is 1.80 bits per heavy atom. The van der Waals surface area contributed by atoms with Gasteiger partial charge in [-0.3, -0.25) is 9.59 Å². The van der Waals surface area contributed by atoms with Gasteiger partial charge in [-0.1, -0.05) is 36.4 Å². The quantitative estimate of drug-likeness (QED) is 0.909. The van der Waals surface area contributed by atoms with Gasteiger partial charge >= 0.3 is 5.97 Å². The Bertz CT molecular complexity index is 631. The van der Waals surface area contributed by atoms with Gasteiger partial charge in [-0.05, 0) is 23.3 Å². The lowest BCUT2D eigenvalue weighted by atomic mass is 10.0. The van der Waals surface area contributed by atoms with Crippen molar-refractivity contribution in [3.05, 3.63) is 48.0 Å². The Hall–Kier alpha value is -2.36. The van der Waals surface area contributed by atoms with Crippen molar-refractivity contribution in [3.63, 3.8) is 0 Å². The molecule has 0 aliphatic heterocycles. The number of carbonyl (C=O) groups excluding carboxylic acids is 1. The average Bonchev–Trinajstić information content (AvgIpc) is 2.45. The zero-order chi connectivity index (χ0) is 14.5. The molecule has 1 amide bonds. The standard InChI is InChI=1S/C16H17NO3/c1-17(11-5-10-15(18)19)16(20)14-9-4-7-12-6-2-3-8-13(12)14/h2-4,6-9H,5,10-11H2,1H3,(H,18,19). The molecule has 104 valence electrons. The lowest BCUT2D eigenvalue weighted by Crippen LogP contribution is -2.28. The van der Waals surface area contributed by atoms with E-state index in [1.54, 1.807) is 18.0 Å². The zero-order valence-corrected chi connectivity index (χ0v) is 11.4. The van der Waals surface area contributed by atoms with E-state index in [4.69, 9.17) is 5.11 Å². The minimum Gasteiger partial charge on any atom is -0.481 e. The van der Waals surface area contributed by atoms with Gasteiger partial charge in [0.25, 0.3) is 5.91 Å². The number of carboxylic acid groups (broad SMARTS) is 1. The van der Waals surface area contributed by atoms with Crippen LogP contribution in [0.5, 0.6) is 0 Å². The molecule has 2 aromatic rings. The van der Waals surface area contributed by atoms with Crippen molar-refractivity contribution in [2.45, 2.75) is 12.8 Å². The van der Waals surface area contributed by atoms with Crippen molar-refractivity contribution in [1.82, 2.24) is 4.90 Å². The summed E-state index contributed by atoms with van der Waals surface area (Å²) >= 11 is 0. The van der Waals surface area contributed by atoms with E-state index in [9.17, 15) is 9.59 Å². The van der Waals surface area contributed by atoms with Gasteiger partial charge in [-0.25, -0.2) is 0 Å². The first-order chi connectivity index (χ1) is 9.59. The summed E-state index contributed by atoms with van der Waals surface area (Å²) < 4.78 is 0. The van der Waals surface area contributed by atoms with Gasteiger partial charge in [0.2, 0.25) is 0 Å². The fraction of sp³-hybridized carbons (Fsp3) is 0.250. The summed E-state index contributed by atoms with van der Waals surface area (Å²) in [5.74, 6) is -0.914. The molecule has 1 N–H and O–H groups in total. The molecule has 0 fully saturated rings. The molecule has 4 heteroatoms. The number of amides is 1. The van der Waals surface area contributed by atoms with E-state index in [2.05, 4.69) is 0 Å². The topological polar surface area (TPSA) is 57.6 Å². The molecule has 20 heavy (non-hydrogen) atoms. The second-order valence-corrected chi connectivity index (χ2v) is 4.75. The maximum Gasteiger partial charge on any atom is 0.303 e. The first-order valence-electron chi connectivity index (χ1n) is 6.54. The molecular weight excluding hydrogens is 254 g/mol. The summed E-state index contributed by atoms with van der Waals surface area (Å²) in [7, 11) is 1.70. The van der Waals surface area contributed by atoms with Gasteiger partial charge in [0.05, 0.1) is 0 Å². The van der Waals surface area contributed by atoms with Crippen LogP contribution in [0.25, 0.3) is 10.8 Å². The highest BCUT2D eigenvalue weighted by molar-refractivity contribution is 6.06. The van der Waals surface area contributed by atoms with Crippen molar-refractivity contribution < 1.29 is 14.7 Å². The molecule has 0 spiro atoms. The second kappa shape index (κ2) is 6.19. The van der Waals surface area contributed by atoms with Crippen LogP contribution in [0.3, 0.4) is 0 Å². The van der Waals surface area contributed by atoms with Gasteiger partial charge in [0, 0.05) is 25.6 Å². The molecule has 4 nitrogen and oxygen atoms in total. The third-order valence-electron chi connectivity index (χ3n) is 3.25. The summed E-state index contributed by atoms with van der Waals surface area (Å²) in [4.78, 5) is 24.5. The van der Waals surface area contributed by atoms with Crippen LogP contribution in [-0.2, 0) is 4.79 Å². The van der Waals surface area contributed by atoms with Crippen molar-refractivity contribution in [2.24, 2.45) is 0 Å². The number of aliphatic carboxylic acids is 1. The molecule has 0 aromatic heterocycles. The van der Waals surface area contributed by atoms with Gasteiger partial charge in [0.15, 0.2) is 0 Å². The van der Waals surface area contributed by atoms with Gasteiger partial charge in [-0.15, -0.1) is 0 Å². The fourth-order valence-electron chi connectivity index (χ4n) is 2.19. The van der Waals surface area contributed by atoms with E-state index in [0.29, 0.717) is 18.5 Å². The minimum absolute atomic E-state index is 0.0765. The number of carbonyl (C=O) groups is 2. The van der Waals surface area contributed by atoms with E-state index in [0.717, 1.165) is 10.8 Å². The van der Waals surface area contributed by atoms with Crippen LogP contribution in [0.15, 0.2) is 42.5 Å². The van der Waals surface area contributed by atoms with E-state index < -0.39 is 5.97 Å². The molecule has 0 radical (unpaired) electrons. The third kappa shape index (κ3) is 3.15. The van der Waals surface area contributed by atoms with Crippen molar-refractivity contribution >= 4 is 22.6 Å². The fourth-order valence-corrected chi connectivity index (χ4v) is 2.19. The Morgan fingerprint density at radius 1 is 1.10 bits per heavy atom. The number of carboxylic acids is 1. The highest BCUT2D eigenvalue weighted by atomic mass is 16.4. The third-order valence-corrected chi connectivity index (χ3v) is 3.25. The van der Waals surface area contributed by atoms with Crippen molar-refractivity contribution in [2.75, 3.05) is 13.6 Å². The molecule has 0 aliphatic rings. The lowest BCUT2D eigenvalue weighted by molar-refractivity contribution is -0.137.